The van der Waals surface area contributed by atoms with Crippen LogP contribution in [0.2, 0.25) is 0 Å². The van der Waals surface area contributed by atoms with Gasteiger partial charge in [-0.2, -0.15) is 0 Å². The van der Waals surface area contributed by atoms with Crippen LogP contribution in [-0.4, -0.2) is 23.9 Å². The Morgan fingerprint density at radius 1 is 1.19 bits per heavy atom. The van der Waals surface area contributed by atoms with E-state index in [4.69, 9.17) is 4.74 Å². The second kappa shape index (κ2) is 7.96. The number of esters is 1. The number of carbonyl (C=O) groups excluding carboxylic acids is 3. The molecule has 2 atom stereocenters. The lowest BCUT2D eigenvalue weighted by atomic mass is 9.84. The smallest absolute Gasteiger partial charge is 0.333 e. The van der Waals surface area contributed by atoms with Crippen molar-refractivity contribution in [2.75, 3.05) is 0 Å². The number of carbonyl (C=O) groups is 3. The summed E-state index contributed by atoms with van der Waals surface area (Å²) >= 11 is 0. The van der Waals surface area contributed by atoms with E-state index in [0.29, 0.717) is 0 Å². The Hall–Kier alpha value is -1.65. The highest BCUT2D eigenvalue weighted by molar-refractivity contribution is 5.98. The van der Waals surface area contributed by atoms with E-state index in [1.54, 1.807) is 0 Å². The fourth-order valence-electron chi connectivity index (χ4n) is 2.04. The van der Waals surface area contributed by atoms with E-state index in [1.165, 1.54) is 13.8 Å². The summed E-state index contributed by atoms with van der Waals surface area (Å²) in [5, 5.41) is 2.26. The van der Waals surface area contributed by atoms with Gasteiger partial charge < -0.3 is 4.74 Å². The SMILES string of the molecule is C=C(C)C(=O)OC(C)C(=O)NC(=O)CC(C)CC(C)(C)C. The summed E-state index contributed by atoms with van der Waals surface area (Å²) in [6.07, 6.45) is 0.134. The van der Waals surface area contributed by atoms with Gasteiger partial charge in [0.15, 0.2) is 6.10 Å². The molecule has 0 aromatic carbocycles. The van der Waals surface area contributed by atoms with Gasteiger partial charge in [-0.05, 0) is 31.6 Å². The van der Waals surface area contributed by atoms with E-state index in [0.717, 1.165) is 6.42 Å². The van der Waals surface area contributed by atoms with Crippen molar-refractivity contribution in [2.45, 2.75) is 60.5 Å². The number of rotatable bonds is 6. The fraction of sp³-hybridized carbons (Fsp3) is 0.688. The van der Waals surface area contributed by atoms with Gasteiger partial charge in [0, 0.05) is 12.0 Å². The Bertz CT molecular complexity index is 420. The molecule has 0 aliphatic rings. The summed E-state index contributed by atoms with van der Waals surface area (Å²) in [5.41, 5.74) is 0.341. The molecule has 0 aliphatic carbocycles. The Kier molecular flexibility index (Phi) is 7.33. The van der Waals surface area contributed by atoms with Crippen molar-refractivity contribution in [2.24, 2.45) is 11.3 Å². The highest BCUT2D eigenvalue weighted by Gasteiger charge is 2.22. The van der Waals surface area contributed by atoms with Crippen molar-refractivity contribution in [3.63, 3.8) is 0 Å². The first-order valence-electron chi connectivity index (χ1n) is 7.12. The molecule has 0 rings (SSSR count). The normalized spacial score (nSPS) is 14.0. The van der Waals surface area contributed by atoms with Crippen molar-refractivity contribution in [1.82, 2.24) is 5.32 Å². The first-order chi connectivity index (χ1) is 9.42. The molecule has 0 heterocycles. The molecule has 0 aliphatic heterocycles. The molecular formula is C16H27NO4. The van der Waals surface area contributed by atoms with Crippen LogP contribution in [0.5, 0.6) is 0 Å². The zero-order valence-corrected chi connectivity index (χ0v) is 13.9. The Balaban J connectivity index is 4.29. The molecule has 2 unspecified atom stereocenters. The minimum absolute atomic E-state index is 0.133. The van der Waals surface area contributed by atoms with Crippen molar-refractivity contribution in [1.29, 1.82) is 0 Å². The second-order valence-electron chi connectivity index (χ2n) is 6.81. The molecule has 0 radical (unpaired) electrons. The van der Waals surface area contributed by atoms with Gasteiger partial charge in [0.1, 0.15) is 0 Å². The summed E-state index contributed by atoms with van der Waals surface area (Å²) < 4.78 is 4.86. The van der Waals surface area contributed by atoms with Crippen molar-refractivity contribution in [3.8, 4) is 0 Å². The third kappa shape index (κ3) is 9.00. The molecule has 21 heavy (non-hydrogen) atoms. The number of nitrogens with one attached hydrogen (secondary N) is 1. The molecule has 0 saturated heterocycles. The van der Waals surface area contributed by atoms with Crippen LogP contribution in [0.4, 0.5) is 0 Å². The van der Waals surface area contributed by atoms with Crippen LogP contribution in [0.25, 0.3) is 0 Å². The number of hydrogen-bond acceptors (Lipinski definition) is 4. The maximum atomic E-state index is 11.8. The first kappa shape index (κ1) is 19.4. The van der Waals surface area contributed by atoms with Crippen LogP contribution in [0, 0.1) is 11.3 Å². The maximum Gasteiger partial charge on any atom is 0.333 e. The van der Waals surface area contributed by atoms with Crippen molar-refractivity contribution in [3.05, 3.63) is 12.2 Å². The molecule has 0 bridgehead atoms. The van der Waals surface area contributed by atoms with Gasteiger partial charge in [0.25, 0.3) is 5.91 Å². The van der Waals surface area contributed by atoms with E-state index in [9.17, 15) is 14.4 Å². The van der Waals surface area contributed by atoms with Gasteiger partial charge in [-0.1, -0.05) is 34.3 Å². The fourth-order valence-corrected chi connectivity index (χ4v) is 2.04. The number of amides is 2. The van der Waals surface area contributed by atoms with Gasteiger partial charge in [-0.25, -0.2) is 4.79 Å². The first-order valence-corrected chi connectivity index (χ1v) is 7.12. The average molecular weight is 297 g/mol. The lowest BCUT2D eigenvalue weighted by Crippen LogP contribution is -2.40. The summed E-state index contributed by atoms with van der Waals surface area (Å²) in [7, 11) is 0. The van der Waals surface area contributed by atoms with E-state index >= 15 is 0 Å². The lowest BCUT2D eigenvalue weighted by Gasteiger charge is -2.22. The topological polar surface area (TPSA) is 72.5 Å². The summed E-state index contributed by atoms with van der Waals surface area (Å²) in [6.45, 7) is 14.6. The molecule has 120 valence electrons. The quantitative estimate of drug-likeness (QED) is 0.604. The standard InChI is InChI=1S/C16H27NO4/c1-10(2)15(20)21-12(4)14(19)17-13(18)8-11(3)9-16(5,6)7/h11-12H,1,8-9H2,2-7H3,(H,17,18,19). The Labute approximate surface area is 127 Å². The van der Waals surface area contributed by atoms with Crippen LogP contribution >= 0.6 is 0 Å². The summed E-state index contributed by atoms with van der Waals surface area (Å²) in [6, 6.07) is 0. The van der Waals surface area contributed by atoms with E-state index in [-0.39, 0.29) is 29.2 Å². The van der Waals surface area contributed by atoms with E-state index in [2.05, 4.69) is 32.7 Å². The summed E-state index contributed by atoms with van der Waals surface area (Å²) in [5.74, 6) is -1.44. The predicted molar refractivity (Wildman–Crippen MR) is 81.4 cm³/mol. The zero-order chi connectivity index (χ0) is 16.8. The third-order valence-electron chi connectivity index (χ3n) is 2.76. The molecule has 5 heteroatoms. The van der Waals surface area contributed by atoms with Crippen LogP contribution in [0.15, 0.2) is 12.2 Å². The molecule has 0 saturated carbocycles. The van der Waals surface area contributed by atoms with Crippen molar-refractivity contribution < 1.29 is 19.1 Å². The predicted octanol–water partition coefficient (Wildman–Crippen LogP) is 2.60. The molecule has 0 fully saturated rings. The largest absolute Gasteiger partial charge is 0.449 e. The molecule has 0 aromatic heterocycles. The molecule has 2 amide bonds. The Morgan fingerprint density at radius 3 is 2.14 bits per heavy atom. The van der Waals surface area contributed by atoms with E-state index in [1.807, 2.05) is 6.92 Å². The minimum Gasteiger partial charge on any atom is -0.449 e. The van der Waals surface area contributed by atoms with E-state index < -0.39 is 18.0 Å². The highest BCUT2D eigenvalue weighted by atomic mass is 16.5. The van der Waals surface area contributed by atoms with Gasteiger partial charge >= 0.3 is 5.97 Å². The molecule has 5 nitrogen and oxygen atoms in total. The van der Waals surface area contributed by atoms with Crippen molar-refractivity contribution >= 4 is 17.8 Å². The zero-order valence-electron chi connectivity index (χ0n) is 13.9. The van der Waals surface area contributed by atoms with Gasteiger partial charge in [-0.3, -0.25) is 14.9 Å². The molecule has 0 aromatic rings. The third-order valence-corrected chi connectivity index (χ3v) is 2.76. The maximum absolute atomic E-state index is 11.8. The number of ether oxygens (including phenoxy) is 1. The van der Waals surface area contributed by atoms with Crippen LogP contribution < -0.4 is 5.32 Å². The average Bonchev–Trinajstić information content (AvgIpc) is 2.24. The van der Waals surface area contributed by atoms with Crippen LogP contribution in [0.1, 0.15) is 54.4 Å². The van der Waals surface area contributed by atoms with Gasteiger partial charge in [0.05, 0.1) is 0 Å². The molecular weight excluding hydrogens is 270 g/mol. The van der Waals surface area contributed by atoms with Crippen LogP contribution in [-0.2, 0) is 19.1 Å². The van der Waals surface area contributed by atoms with Gasteiger partial charge in [-0.15, -0.1) is 0 Å². The number of hydrogen-bond donors (Lipinski definition) is 1. The summed E-state index contributed by atoms with van der Waals surface area (Å²) in [4.78, 5) is 34.8. The van der Waals surface area contributed by atoms with Gasteiger partial charge in [0.2, 0.25) is 5.91 Å². The molecule has 1 N–H and O–H groups in total. The van der Waals surface area contributed by atoms with Crippen LogP contribution in [0.3, 0.4) is 0 Å². The lowest BCUT2D eigenvalue weighted by molar-refractivity contribution is -0.152. The Morgan fingerprint density at radius 2 is 1.71 bits per heavy atom. The minimum atomic E-state index is -1.02. The number of imide groups is 1. The second-order valence-corrected chi connectivity index (χ2v) is 6.81. The molecule has 0 spiro atoms. The highest BCUT2D eigenvalue weighted by Crippen LogP contribution is 2.25. The monoisotopic (exact) mass is 297 g/mol.